The highest BCUT2D eigenvalue weighted by atomic mass is 31.2. The standard InChI is InChI=1S/C88H168O17P2/c1-7-11-13-15-17-19-21-23-25-26-27-28-29-30-31-33-39-43-47-55-61-67-73-87(92)104-83(76-98-85(90)70-64-58-52-45-41-37-35-34-36-40-44-50-56-62-68-80(5)9-3)78-102-106(94,95)100-74-82(89)75-101-107(96,97)103-79-84(77-99-86(91)71-65-59-53-49-48-51-57-63-69-81(6)10-4)105-88(93)72-66-60-54-46-42-38-32-24-22-20-18-16-14-12-8-2/h20,22,24,32,80-84,89H,7-19,21,23,25-31,33-79H2,1-6H3,(H,94,95)(H,96,97)/b22-20-,32-24-/t80?,81?,82-,83-,84-/m1/s1. The monoisotopic (exact) mass is 1560 g/mol. The normalized spacial score (nSPS) is 14.4. The number of unbranched alkanes of at least 4 members (excludes halogenated alkanes) is 50. The number of allylic oxidation sites excluding steroid dienone is 4. The molecule has 0 spiro atoms. The number of carbonyl (C=O) groups is 4. The Hall–Kier alpha value is -2.46. The Balaban J connectivity index is 5.28. The predicted molar refractivity (Wildman–Crippen MR) is 441 cm³/mol. The molecule has 7 atom stereocenters. The molecule has 107 heavy (non-hydrogen) atoms. The minimum absolute atomic E-state index is 0.0849. The van der Waals surface area contributed by atoms with Gasteiger partial charge in [-0.15, -0.1) is 0 Å². The molecule has 0 fully saturated rings. The van der Waals surface area contributed by atoms with E-state index >= 15 is 0 Å². The first-order valence-electron chi connectivity index (χ1n) is 44.9. The lowest BCUT2D eigenvalue weighted by atomic mass is 9.99. The van der Waals surface area contributed by atoms with Gasteiger partial charge in [0.25, 0.3) is 0 Å². The molecule has 0 aliphatic rings. The van der Waals surface area contributed by atoms with Gasteiger partial charge in [0, 0.05) is 25.7 Å². The van der Waals surface area contributed by atoms with Crippen LogP contribution < -0.4 is 0 Å². The van der Waals surface area contributed by atoms with Crippen LogP contribution in [0.25, 0.3) is 0 Å². The van der Waals surface area contributed by atoms with E-state index in [9.17, 15) is 43.2 Å². The topological polar surface area (TPSA) is 237 Å². The Morgan fingerprint density at radius 3 is 0.794 bits per heavy atom. The molecule has 0 rings (SSSR count). The van der Waals surface area contributed by atoms with Crippen molar-refractivity contribution in [2.75, 3.05) is 39.6 Å². The highest BCUT2D eigenvalue weighted by Crippen LogP contribution is 2.45. The molecule has 19 heteroatoms. The van der Waals surface area contributed by atoms with Gasteiger partial charge in [0.2, 0.25) is 0 Å². The molecule has 0 bridgehead atoms. The van der Waals surface area contributed by atoms with Gasteiger partial charge >= 0.3 is 39.5 Å². The van der Waals surface area contributed by atoms with Crippen LogP contribution in [0.1, 0.15) is 446 Å². The number of ether oxygens (including phenoxy) is 4. The van der Waals surface area contributed by atoms with Crippen LogP contribution in [0.2, 0.25) is 0 Å². The molecular weight excluding hydrogens is 1390 g/mol. The number of hydrogen-bond acceptors (Lipinski definition) is 15. The molecule has 0 heterocycles. The van der Waals surface area contributed by atoms with Crippen LogP contribution in [0.4, 0.5) is 0 Å². The molecule has 0 aromatic heterocycles. The average Bonchev–Trinajstić information content (AvgIpc) is 0.902. The van der Waals surface area contributed by atoms with E-state index < -0.39 is 97.5 Å². The Bertz CT molecular complexity index is 2140. The van der Waals surface area contributed by atoms with E-state index in [4.69, 9.17) is 37.0 Å². The zero-order chi connectivity index (χ0) is 78.5. The largest absolute Gasteiger partial charge is 0.472 e. The Labute approximate surface area is 656 Å². The predicted octanol–water partition coefficient (Wildman–Crippen LogP) is 26.6. The van der Waals surface area contributed by atoms with Gasteiger partial charge in [0.1, 0.15) is 19.3 Å². The lowest BCUT2D eigenvalue weighted by Crippen LogP contribution is -2.30. The minimum Gasteiger partial charge on any atom is -0.462 e. The third-order valence-electron chi connectivity index (χ3n) is 20.8. The summed E-state index contributed by atoms with van der Waals surface area (Å²) < 4.78 is 68.9. The SMILES string of the molecule is CCCCCC/C=C\C=C/CCCCCCCC(=O)O[C@H](COC(=O)CCCCCCCCCCC(C)CC)COP(=O)(O)OC[C@H](O)COP(=O)(O)OC[C@@H](COC(=O)CCCCCCCCCCCCCCCCC(C)CC)OC(=O)CCCCCCCCCCCCCCCCCCCCCCCC. The van der Waals surface area contributed by atoms with Crippen molar-refractivity contribution in [2.45, 2.75) is 464 Å². The Morgan fingerprint density at radius 2 is 0.523 bits per heavy atom. The number of aliphatic hydroxyl groups is 1. The molecule has 632 valence electrons. The van der Waals surface area contributed by atoms with Crippen molar-refractivity contribution >= 4 is 39.5 Å². The van der Waals surface area contributed by atoms with Gasteiger partial charge in [0.15, 0.2) is 12.2 Å². The minimum atomic E-state index is -4.97. The fourth-order valence-corrected chi connectivity index (χ4v) is 14.7. The van der Waals surface area contributed by atoms with Crippen molar-refractivity contribution in [3.63, 3.8) is 0 Å². The maximum Gasteiger partial charge on any atom is 0.472 e. The van der Waals surface area contributed by atoms with Crippen molar-refractivity contribution in [3.05, 3.63) is 24.3 Å². The van der Waals surface area contributed by atoms with Gasteiger partial charge in [-0.2, -0.15) is 0 Å². The molecule has 0 radical (unpaired) electrons. The molecule has 0 aromatic carbocycles. The molecule has 17 nitrogen and oxygen atoms in total. The second-order valence-electron chi connectivity index (χ2n) is 31.4. The fourth-order valence-electron chi connectivity index (χ4n) is 13.2. The molecule has 0 aromatic rings. The highest BCUT2D eigenvalue weighted by molar-refractivity contribution is 7.47. The third-order valence-corrected chi connectivity index (χ3v) is 22.7. The van der Waals surface area contributed by atoms with Crippen LogP contribution >= 0.6 is 15.6 Å². The van der Waals surface area contributed by atoms with Crippen molar-refractivity contribution in [1.82, 2.24) is 0 Å². The van der Waals surface area contributed by atoms with E-state index in [1.54, 1.807) is 0 Å². The molecule has 0 aliphatic heterocycles. The van der Waals surface area contributed by atoms with Gasteiger partial charge in [-0.05, 0) is 63.2 Å². The number of carbonyl (C=O) groups excluding carboxylic acids is 4. The van der Waals surface area contributed by atoms with Crippen LogP contribution in [0.5, 0.6) is 0 Å². The third kappa shape index (κ3) is 78.6. The second-order valence-corrected chi connectivity index (χ2v) is 34.3. The van der Waals surface area contributed by atoms with Crippen LogP contribution in [-0.2, 0) is 65.4 Å². The lowest BCUT2D eigenvalue weighted by molar-refractivity contribution is -0.161. The number of hydrogen-bond donors (Lipinski definition) is 3. The van der Waals surface area contributed by atoms with Gasteiger partial charge < -0.3 is 33.8 Å². The van der Waals surface area contributed by atoms with Gasteiger partial charge in [0.05, 0.1) is 26.4 Å². The van der Waals surface area contributed by atoms with E-state index in [-0.39, 0.29) is 25.7 Å². The summed E-state index contributed by atoms with van der Waals surface area (Å²) in [6, 6.07) is 0. The summed E-state index contributed by atoms with van der Waals surface area (Å²) in [6.45, 7) is 9.66. The number of rotatable bonds is 85. The first kappa shape index (κ1) is 105. The number of aliphatic hydroxyl groups excluding tert-OH is 1. The van der Waals surface area contributed by atoms with E-state index in [1.165, 1.54) is 250 Å². The maximum absolute atomic E-state index is 13.2. The van der Waals surface area contributed by atoms with Crippen molar-refractivity contribution in [2.24, 2.45) is 11.8 Å². The molecule has 0 aliphatic carbocycles. The van der Waals surface area contributed by atoms with E-state index in [0.29, 0.717) is 25.7 Å². The lowest BCUT2D eigenvalue weighted by Gasteiger charge is -2.21. The zero-order valence-electron chi connectivity index (χ0n) is 69.9. The molecule has 0 saturated carbocycles. The maximum atomic E-state index is 13.2. The summed E-state index contributed by atoms with van der Waals surface area (Å²) in [5, 5.41) is 10.7. The van der Waals surface area contributed by atoms with E-state index in [1.807, 2.05) is 0 Å². The fraction of sp³-hybridized carbons (Fsp3) is 0.909. The summed E-state index contributed by atoms with van der Waals surface area (Å²) in [5.74, 6) is -0.509. The number of phosphoric ester groups is 2. The molecule has 0 saturated heterocycles. The first-order valence-corrected chi connectivity index (χ1v) is 47.9. The molecular formula is C88H168O17P2. The number of esters is 4. The summed E-state index contributed by atoms with van der Waals surface area (Å²) >= 11 is 0. The van der Waals surface area contributed by atoms with Crippen molar-refractivity contribution in [3.8, 4) is 0 Å². The van der Waals surface area contributed by atoms with Crippen LogP contribution in [-0.4, -0.2) is 96.7 Å². The van der Waals surface area contributed by atoms with Crippen LogP contribution in [0.15, 0.2) is 24.3 Å². The summed E-state index contributed by atoms with van der Waals surface area (Å²) in [7, 11) is -9.94. The zero-order valence-corrected chi connectivity index (χ0v) is 71.7. The molecule has 4 unspecified atom stereocenters. The summed E-state index contributed by atoms with van der Waals surface area (Å²) in [4.78, 5) is 73.3. The smallest absolute Gasteiger partial charge is 0.462 e. The molecule has 3 N–H and O–H groups in total. The van der Waals surface area contributed by atoms with Gasteiger partial charge in [-0.3, -0.25) is 37.3 Å². The Morgan fingerprint density at radius 1 is 0.299 bits per heavy atom. The first-order chi connectivity index (χ1) is 51.9. The second kappa shape index (κ2) is 78.8. The van der Waals surface area contributed by atoms with Crippen LogP contribution in [0, 0.1) is 11.8 Å². The van der Waals surface area contributed by atoms with Gasteiger partial charge in [-0.1, -0.05) is 393 Å². The highest BCUT2D eigenvalue weighted by Gasteiger charge is 2.30. The summed E-state index contributed by atoms with van der Waals surface area (Å²) in [6.07, 6.45) is 74.4. The molecule has 0 amide bonds. The quantitative estimate of drug-likeness (QED) is 0.0169. The Kier molecular flexibility index (Phi) is 77.0. The van der Waals surface area contributed by atoms with E-state index in [2.05, 4.69) is 65.8 Å². The van der Waals surface area contributed by atoms with Crippen LogP contribution in [0.3, 0.4) is 0 Å². The summed E-state index contributed by atoms with van der Waals surface area (Å²) in [5.41, 5.74) is 0. The van der Waals surface area contributed by atoms with Gasteiger partial charge in [-0.25, -0.2) is 9.13 Å². The van der Waals surface area contributed by atoms with Crippen molar-refractivity contribution in [1.29, 1.82) is 0 Å². The average molecular weight is 1560 g/mol. The van der Waals surface area contributed by atoms with Crippen molar-refractivity contribution < 1.29 is 80.2 Å². The number of phosphoric acid groups is 2. The van der Waals surface area contributed by atoms with E-state index in [0.717, 1.165) is 115 Å².